The fraction of sp³-hybridized carbons (Fsp3) is 0.222. The highest BCUT2D eigenvalue weighted by Crippen LogP contribution is 2.47. The first kappa shape index (κ1) is 26.5. The van der Waals surface area contributed by atoms with Gasteiger partial charge in [-0.2, -0.15) is 22.6 Å². The lowest BCUT2D eigenvalue weighted by Gasteiger charge is -2.44. The zero-order valence-corrected chi connectivity index (χ0v) is 22.2. The minimum absolute atomic E-state index is 0.0299. The number of halogens is 4. The maximum absolute atomic E-state index is 14.0. The quantitative estimate of drug-likeness (QED) is 0.231. The molecule has 7 nitrogen and oxygen atoms in total. The topological polar surface area (TPSA) is 85.2 Å². The summed E-state index contributed by atoms with van der Waals surface area (Å²) in [5.41, 5.74) is 0.515. The van der Waals surface area contributed by atoms with Gasteiger partial charge in [-0.3, -0.25) is 4.79 Å². The molecule has 1 unspecified atom stereocenters. The van der Waals surface area contributed by atoms with Crippen molar-refractivity contribution in [2.45, 2.75) is 23.9 Å². The molecule has 40 heavy (non-hydrogen) atoms. The normalized spacial score (nSPS) is 19.6. The Kier molecular flexibility index (Phi) is 6.28. The van der Waals surface area contributed by atoms with E-state index in [9.17, 15) is 30.8 Å². The number of nitrogens with zero attached hydrogens (tertiary/aromatic N) is 4. The SMILES string of the molecule is O=C(c1nccs1)C12Cc3cnn(-c4ccc(F)cc4)c3C=C1CCN(S(=O)(=O)c1ccc(C(F)(F)F)cc1)C2. The van der Waals surface area contributed by atoms with Crippen LogP contribution >= 0.6 is 11.3 Å². The molecule has 2 aliphatic rings. The molecule has 206 valence electrons. The highest BCUT2D eigenvalue weighted by atomic mass is 32.2. The number of alkyl halides is 3. The van der Waals surface area contributed by atoms with Crippen molar-refractivity contribution in [2.75, 3.05) is 13.1 Å². The second kappa shape index (κ2) is 9.46. The summed E-state index contributed by atoms with van der Waals surface area (Å²) in [6.07, 6.45) is 0.695. The number of fused-ring (bicyclic) bond motifs is 2. The number of carbonyl (C=O) groups excluding carboxylic acids is 1. The molecule has 0 saturated carbocycles. The van der Waals surface area contributed by atoms with Crippen LogP contribution in [0.2, 0.25) is 0 Å². The molecule has 2 aromatic carbocycles. The number of Topliss-reactive ketones (excluding diaryl/α,β-unsaturated/α-hetero) is 1. The van der Waals surface area contributed by atoms with E-state index in [1.807, 2.05) is 6.08 Å². The molecular formula is C27H20F4N4O3S2. The Labute approximate surface area is 230 Å². The average Bonchev–Trinajstić information content (AvgIpc) is 3.61. The molecule has 2 aromatic heterocycles. The highest BCUT2D eigenvalue weighted by molar-refractivity contribution is 7.89. The van der Waals surface area contributed by atoms with Crippen LogP contribution < -0.4 is 0 Å². The first-order valence-corrected chi connectivity index (χ1v) is 14.5. The van der Waals surface area contributed by atoms with E-state index in [4.69, 9.17) is 0 Å². The Morgan fingerprint density at radius 3 is 2.42 bits per heavy atom. The summed E-state index contributed by atoms with van der Waals surface area (Å²) in [6, 6.07) is 9.15. The summed E-state index contributed by atoms with van der Waals surface area (Å²) < 4.78 is 82.6. The monoisotopic (exact) mass is 588 g/mol. The molecule has 0 amide bonds. The van der Waals surface area contributed by atoms with Gasteiger partial charge in [0, 0.05) is 24.7 Å². The summed E-state index contributed by atoms with van der Waals surface area (Å²) in [5.74, 6) is -0.723. The largest absolute Gasteiger partial charge is 0.416 e. The summed E-state index contributed by atoms with van der Waals surface area (Å²) in [6.45, 7) is -0.177. The molecule has 0 N–H and O–H groups in total. The minimum atomic E-state index is -4.60. The van der Waals surface area contributed by atoms with Crippen molar-refractivity contribution in [1.82, 2.24) is 19.1 Å². The minimum Gasteiger partial charge on any atom is -0.290 e. The van der Waals surface area contributed by atoms with E-state index in [2.05, 4.69) is 10.1 Å². The third-order valence-corrected chi connectivity index (χ3v) is 9.96. The van der Waals surface area contributed by atoms with Gasteiger partial charge >= 0.3 is 6.18 Å². The third-order valence-electron chi connectivity index (χ3n) is 7.33. The molecule has 1 saturated heterocycles. The van der Waals surface area contributed by atoms with Crippen molar-refractivity contribution in [1.29, 1.82) is 0 Å². The molecule has 1 atom stereocenters. The number of ketones is 1. The Balaban J connectivity index is 1.40. The number of sulfonamides is 1. The maximum Gasteiger partial charge on any atom is 0.416 e. The maximum atomic E-state index is 14.0. The van der Waals surface area contributed by atoms with Gasteiger partial charge in [-0.15, -0.1) is 11.3 Å². The Hall–Kier alpha value is -3.68. The Morgan fingerprint density at radius 1 is 1.05 bits per heavy atom. The lowest BCUT2D eigenvalue weighted by Crippen LogP contribution is -2.53. The second-order valence-electron chi connectivity index (χ2n) is 9.65. The van der Waals surface area contributed by atoms with Crippen LogP contribution in [0.25, 0.3) is 11.8 Å². The highest BCUT2D eigenvalue weighted by Gasteiger charge is 2.51. The molecule has 6 rings (SSSR count). The third kappa shape index (κ3) is 4.38. The van der Waals surface area contributed by atoms with Gasteiger partial charge in [0.05, 0.1) is 33.5 Å². The predicted octanol–water partition coefficient (Wildman–Crippen LogP) is 5.39. The van der Waals surface area contributed by atoms with Crippen LogP contribution in [0.15, 0.2) is 76.8 Å². The molecule has 0 radical (unpaired) electrons. The first-order valence-electron chi connectivity index (χ1n) is 12.1. The van der Waals surface area contributed by atoms with Crippen molar-refractivity contribution < 1.29 is 30.8 Å². The van der Waals surface area contributed by atoms with Crippen LogP contribution in [0, 0.1) is 11.2 Å². The number of hydrogen-bond acceptors (Lipinski definition) is 6. The smallest absolute Gasteiger partial charge is 0.290 e. The number of piperidine rings is 1. The molecular weight excluding hydrogens is 568 g/mol. The van der Waals surface area contributed by atoms with E-state index in [-0.39, 0.29) is 41.6 Å². The van der Waals surface area contributed by atoms with Gasteiger partial charge in [-0.1, -0.05) is 5.57 Å². The summed E-state index contributed by atoms with van der Waals surface area (Å²) in [5, 5.41) is 6.34. The standard InChI is InChI=1S/C27H20F4N4O3S2/c28-20-3-5-21(6-4-20)35-23-13-19-9-11-34(40(37,38)22-7-1-18(2-8-22)27(29,30)31)16-26(19,14-17(23)15-33-35)24(36)25-32-10-12-39-25/h1-8,10,12-13,15H,9,11,14,16H2. The number of hydrogen-bond donors (Lipinski definition) is 0. The van der Waals surface area contributed by atoms with E-state index in [0.717, 1.165) is 39.9 Å². The van der Waals surface area contributed by atoms with Crippen LogP contribution in [-0.2, 0) is 22.6 Å². The molecule has 4 aromatic rings. The van der Waals surface area contributed by atoms with E-state index in [1.165, 1.54) is 18.3 Å². The van der Waals surface area contributed by atoms with Crippen molar-refractivity contribution in [3.8, 4) is 5.69 Å². The molecule has 1 fully saturated rings. The van der Waals surface area contributed by atoms with Gasteiger partial charge in [-0.05, 0) is 73.0 Å². The fourth-order valence-corrected chi connectivity index (χ4v) is 7.49. The summed E-state index contributed by atoms with van der Waals surface area (Å²) in [4.78, 5) is 17.9. The zero-order valence-electron chi connectivity index (χ0n) is 20.6. The summed E-state index contributed by atoms with van der Waals surface area (Å²) >= 11 is 1.15. The Bertz CT molecular complexity index is 1730. The van der Waals surface area contributed by atoms with Gasteiger partial charge < -0.3 is 0 Å². The lowest BCUT2D eigenvalue weighted by molar-refractivity contribution is -0.137. The lowest BCUT2D eigenvalue weighted by atomic mass is 9.66. The van der Waals surface area contributed by atoms with Gasteiger partial charge in [-0.25, -0.2) is 22.5 Å². The van der Waals surface area contributed by atoms with Gasteiger partial charge in [0.15, 0.2) is 5.01 Å². The molecule has 0 spiro atoms. The van der Waals surface area contributed by atoms with E-state index in [0.29, 0.717) is 22.5 Å². The number of thiazole rings is 1. The first-order chi connectivity index (χ1) is 19.0. The van der Waals surface area contributed by atoms with Crippen molar-refractivity contribution in [3.05, 3.63) is 99.5 Å². The molecule has 13 heteroatoms. The average molecular weight is 589 g/mol. The molecule has 0 bridgehead atoms. The van der Waals surface area contributed by atoms with Crippen LogP contribution in [0.5, 0.6) is 0 Å². The van der Waals surface area contributed by atoms with Crippen LogP contribution in [0.4, 0.5) is 17.6 Å². The van der Waals surface area contributed by atoms with E-state index >= 15 is 0 Å². The van der Waals surface area contributed by atoms with Crippen molar-refractivity contribution in [3.63, 3.8) is 0 Å². The number of benzene rings is 2. The van der Waals surface area contributed by atoms with E-state index in [1.54, 1.807) is 28.4 Å². The number of aromatic nitrogens is 3. The molecule has 3 heterocycles. The second-order valence-corrected chi connectivity index (χ2v) is 12.5. The number of carbonyl (C=O) groups is 1. The molecule has 1 aliphatic heterocycles. The van der Waals surface area contributed by atoms with E-state index < -0.39 is 33.0 Å². The van der Waals surface area contributed by atoms with Crippen LogP contribution in [0.3, 0.4) is 0 Å². The zero-order chi connectivity index (χ0) is 28.3. The van der Waals surface area contributed by atoms with Gasteiger partial charge in [0.25, 0.3) is 0 Å². The van der Waals surface area contributed by atoms with Gasteiger partial charge in [0.1, 0.15) is 5.82 Å². The van der Waals surface area contributed by atoms with Crippen LogP contribution in [0.1, 0.15) is 33.0 Å². The predicted molar refractivity (Wildman–Crippen MR) is 139 cm³/mol. The van der Waals surface area contributed by atoms with Crippen molar-refractivity contribution in [2.24, 2.45) is 5.41 Å². The Morgan fingerprint density at radius 2 is 1.77 bits per heavy atom. The molecule has 1 aliphatic carbocycles. The van der Waals surface area contributed by atoms with Crippen LogP contribution in [-0.4, -0.2) is 46.4 Å². The number of rotatable bonds is 5. The van der Waals surface area contributed by atoms with Gasteiger partial charge in [0.2, 0.25) is 15.8 Å². The van der Waals surface area contributed by atoms with Crippen molar-refractivity contribution >= 4 is 33.2 Å². The summed E-state index contributed by atoms with van der Waals surface area (Å²) in [7, 11) is -4.22. The fourth-order valence-electron chi connectivity index (χ4n) is 5.31.